The molecule has 2 heteroatoms. The summed E-state index contributed by atoms with van der Waals surface area (Å²) in [4.78, 5) is 3.97. The first kappa shape index (κ1) is 15.7. The second-order valence-corrected chi connectivity index (χ2v) is 9.36. The number of nitrogens with one attached hydrogen (secondary N) is 1. The topological polar surface area (TPSA) is 12.0 Å². The monoisotopic (exact) mass is 317 g/mol. The molecule has 0 aliphatic rings. The predicted octanol–water partition coefficient (Wildman–Crippen LogP) is 2.65. The van der Waals surface area contributed by atoms with Gasteiger partial charge in [0.15, 0.2) is 0 Å². The van der Waals surface area contributed by atoms with Crippen LogP contribution in [0.25, 0.3) is 0 Å². The summed E-state index contributed by atoms with van der Waals surface area (Å²) in [6.07, 6.45) is 1.13. The Morgan fingerprint density at radius 1 is 0.609 bits per heavy atom. The molecule has 0 fully saturated rings. The molecule has 0 amide bonds. The van der Waals surface area contributed by atoms with Crippen molar-refractivity contribution in [3.05, 3.63) is 91.0 Å². The van der Waals surface area contributed by atoms with Crippen LogP contribution in [0.5, 0.6) is 0 Å². The lowest BCUT2D eigenvalue weighted by Crippen LogP contribution is -2.76. The highest BCUT2D eigenvalue weighted by atomic mass is 28.3. The van der Waals surface area contributed by atoms with E-state index in [4.69, 9.17) is 0 Å². The second-order valence-electron chi connectivity index (χ2n) is 5.77. The molecule has 3 aromatic rings. The summed E-state index contributed by atoms with van der Waals surface area (Å²) in [7, 11) is -2.19. The molecule has 0 atom stereocenters. The molecule has 0 radical (unpaired) electrons. The zero-order valence-corrected chi connectivity index (χ0v) is 14.6. The van der Waals surface area contributed by atoms with Crippen LogP contribution in [0.1, 0.15) is 13.3 Å². The molecule has 0 spiro atoms. The summed E-state index contributed by atoms with van der Waals surface area (Å²) >= 11 is 0. The van der Waals surface area contributed by atoms with Gasteiger partial charge in [-0.2, -0.15) is 0 Å². The lowest BCUT2D eigenvalue weighted by molar-refractivity contribution is 0.851. The van der Waals surface area contributed by atoms with Crippen molar-refractivity contribution in [2.24, 2.45) is 0 Å². The fourth-order valence-electron chi connectivity index (χ4n) is 3.18. The average Bonchev–Trinajstić information content (AvgIpc) is 2.65. The van der Waals surface area contributed by atoms with Crippen LogP contribution in [-0.4, -0.2) is 14.8 Å². The average molecular weight is 318 g/mol. The molecule has 1 nitrogen and oxygen atoms in total. The van der Waals surface area contributed by atoms with E-state index in [1.54, 1.807) is 0 Å². The molecule has 0 aliphatic heterocycles. The summed E-state index contributed by atoms with van der Waals surface area (Å²) in [5.41, 5.74) is 0. The van der Waals surface area contributed by atoms with E-state index in [0.29, 0.717) is 0 Å². The van der Waals surface area contributed by atoms with Gasteiger partial charge < -0.3 is 4.98 Å². The largest absolute Gasteiger partial charge is 0.327 e. The maximum Gasteiger partial charge on any atom is 0.222 e. The van der Waals surface area contributed by atoms with Gasteiger partial charge in [0.2, 0.25) is 8.24 Å². The molecule has 0 aromatic heterocycles. The Hall–Kier alpha value is -2.16. The normalized spacial score (nSPS) is 11.3. The fourth-order valence-corrected chi connectivity index (χ4v) is 7.50. The quantitative estimate of drug-likeness (QED) is 0.544. The zero-order chi connectivity index (χ0) is 16.0. The maximum absolute atomic E-state index is 3.97. The first-order valence-electron chi connectivity index (χ1n) is 8.29. The Morgan fingerprint density at radius 3 is 1.26 bits per heavy atom. The van der Waals surface area contributed by atoms with Crippen LogP contribution in [0.15, 0.2) is 91.0 Å². The second kappa shape index (κ2) is 7.40. The summed E-state index contributed by atoms with van der Waals surface area (Å²) in [6.45, 7) is 3.25. The van der Waals surface area contributed by atoms with E-state index in [0.717, 1.165) is 13.0 Å². The van der Waals surface area contributed by atoms with Crippen LogP contribution < -0.4 is 20.5 Å². The summed E-state index contributed by atoms with van der Waals surface area (Å²) in [6, 6.07) is 32.8. The lowest BCUT2D eigenvalue weighted by Gasteiger charge is -2.34. The number of hydrogen-bond acceptors (Lipinski definition) is 1. The van der Waals surface area contributed by atoms with Crippen LogP contribution in [0.3, 0.4) is 0 Å². The highest BCUT2D eigenvalue weighted by molar-refractivity contribution is 7.09. The predicted molar refractivity (Wildman–Crippen MR) is 102 cm³/mol. The summed E-state index contributed by atoms with van der Waals surface area (Å²) in [5.74, 6) is 0. The van der Waals surface area contributed by atoms with Gasteiger partial charge in [0.25, 0.3) is 0 Å². The third-order valence-corrected chi connectivity index (χ3v) is 8.64. The highest BCUT2D eigenvalue weighted by Gasteiger charge is 2.38. The molecule has 0 saturated carbocycles. The van der Waals surface area contributed by atoms with Gasteiger partial charge in [-0.05, 0) is 28.5 Å². The van der Waals surface area contributed by atoms with Crippen molar-refractivity contribution in [2.75, 3.05) is 6.54 Å². The smallest absolute Gasteiger partial charge is 0.222 e. The molecule has 3 aromatic carbocycles. The van der Waals surface area contributed by atoms with Crippen molar-refractivity contribution in [1.29, 1.82) is 0 Å². The van der Waals surface area contributed by atoms with E-state index < -0.39 is 8.24 Å². The van der Waals surface area contributed by atoms with Crippen LogP contribution in [0.4, 0.5) is 0 Å². The van der Waals surface area contributed by atoms with E-state index in [1.165, 1.54) is 15.6 Å². The van der Waals surface area contributed by atoms with Gasteiger partial charge in [-0.3, -0.25) is 0 Å². The van der Waals surface area contributed by atoms with Gasteiger partial charge in [-0.25, -0.2) is 0 Å². The van der Waals surface area contributed by atoms with Gasteiger partial charge in [-0.15, -0.1) is 0 Å². The minimum atomic E-state index is -2.19. The van der Waals surface area contributed by atoms with Crippen molar-refractivity contribution in [1.82, 2.24) is 4.98 Å². The van der Waals surface area contributed by atoms with Crippen LogP contribution in [0.2, 0.25) is 0 Å². The highest BCUT2D eigenvalue weighted by Crippen LogP contribution is 2.05. The molecule has 0 saturated heterocycles. The molecule has 23 heavy (non-hydrogen) atoms. The van der Waals surface area contributed by atoms with E-state index in [1.807, 2.05) is 0 Å². The minimum Gasteiger partial charge on any atom is -0.327 e. The molecule has 0 unspecified atom stereocenters. The van der Waals surface area contributed by atoms with Crippen molar-refractivity contribution in [2.45, 2.75) is 13.3 Å². The standard InChI is InChI=1S/C21H23NSi/c1-2-18-22-23(19-12-6-3-7-13-19,20-14-8-4-9-15-20)21-16-10-5-11-17-21/h3-17,22H,2,18H2,1H3. The molecule has 1 N–H and O–H groups in total. The number of rotatable bonds is 6. The van der Waals surface area contributed by atoms with E-state index in [2.05, 4.69) is 103 Å². The van der Waals surface area contributed by atoms with Crippen molar-refractivity contribution in [3.63, 3.8) is 0 Å². The van der Waals surface area contributed by atoms with Crippen LogP contribution >= 0.6 is 0 Å². The Labute approximate surface area is 140 Å². The van der Waals surface area contributed by atoms with Crippen LogP contribution in [0, 0.1) is 0 Å². The SMILES string of the molecule is CCCN[Si](c1ccccc1)(c1ccccc1)c1ccccc1. The Kier molecular flexibility index (Phi) is 5.06. The van der Waals surface area contributed by atoms with Crippen molar-refractivity contribution < 1.29 is 0 Å². The molecular weight excluding hydrogens is 294 g/mol. The third kappa shape index (κ3) is 3.14. The summed E-state index contributed by atoms with van der Waals surface area (Å²) < 4.78 is 0. The molecule has 0 aliphatic carbocycles. The van der Waals surface area contributed by atoms with Gasteiger partial charge in [0, 0.05) is 0 Å². The van der Waals surface area contributed by atoms with E-state index in [-0.39, 0.29) is 0 Å². The molecule has 0 heterocycles. The first-order chi connectivity index (χ1) is 11.4. The zero-order valence-electron chi connectivity index (χ0n) is 13.6. The Bertz CT molecular complexity index is 614. The first-order valence-corrected chi connectivity index (χ1v) is 10.3. The van der Waals surface area contributed by atoms with Crippen LogP contribution in [-0.2, 0) is 0 Å². The minimum absolute atomic E-state index is 1.02. The molecular formula is C21H23NSi. The third-order valence-electron chi connectivity index (χ3n) is 4.26. The van der Waals surface area contributed by atoms with Gasteiger partial charge >= 0.3 is 0 Å². The fraction of sp³-hybridized carbons (Fsp3) is 0.143. The van der Waals surface area contributed by atoms with Gasteiger partial charge in [-0.1, -0.05) is 97.9 Å². The van der Waals surface area contributed by atoms with E-state index >= 15 is 0 Å². The Morgan fingerprint density at radius 2 is 0.957 bits per heavy atom. The maximum atomic E-state index is 3.97. The van der Waals surface area contributed by atoms with Gasteiger partial charge in [0.1, 0.15) is 0 Å². The lowest BCUT2D eigenvalue weighted by atomic mass is 10.3. The number of hydrogen-bond donors (Lipinski definition) is 1. The van der Waals surface area contributed by atoms with Crippen molar-refractivity contribution in [3.8, 4) is 0 Å². The molecule has 116 valence electrons. The molecule has 0 bridgehead atoms. The molecule has 3 rings (SSSR count). The summed E-state index contributed by atoms with van der Waals surface area (Å²) in [5, 5.41) is 4.22. The van der Waals surface area contributed by atoms with Crippen molar-refractivity contribution >= 4 is 23.8 Å². The number of benzene rings is 3. The van der Waals surface area contributed by atoms with E-state index in [9.17, 15) is 0 Å². The van der Waals surface area contributed by atoms with Gasteiger partial charge in [0.05, 0.1) is 0 Å². The Balaban J connectivity index is 2.25.